The number of benzene rings is 4. The molecule has 45 heavy (non-hydrogen) atoms. The largest absolute Gasteiger partial charge is 0.497 e. The first-order chi connectivity index (χ1) is 21.6. The number of rotatable bonds is 14. The molecule has 4 aromatic rings. The molecule has 0 radical (unpaired) electrons. The first kappa shape index (κ1) is 33.6. The van der Waals surface area contributed by atoms with Crippen LogP contribution in [0.3, 0.4) is 0 Å². The summed E-state index contributed by atoms with van der Waals surface area (Å²) in [6, 6.07) is 29.9. The van der Waals surface area contributed by atoms with Gasteiger partial charge in [0.05, 0.1) is 17.7 Å². The third kappa shape index (κ3) is 9.09. The van der Waals surface area contributed by atoms with Crippen LogP contribution in [-0.2, 0) is 32.6 Å². The molecular weight excluding hydrogens is 610 g/mol. The van der Waals surface area contributed by atoms with Gasteiger partial charge in [-0.25, -0.2) is 8.42 Å². The Bertz CT molecular complexity index is 1670. The maximum absolute atomic E-state index is 14.5. The number of sulfonamides is 1. The Morgan fingerprint density at radius 1 is 0.844 bits per heavy atom. The van der Waals surface area contributed by atoms with Gasteiger partial charge in [-0.15, -0.1) is 0 Å². The number of amides is 2. The van der Waals surface area contributed by atoms with Gasteiger partial charge in [-0.05, 0) is 65.6 Å². The molecule has 0 spiro atoms. The van der Waals surface area contributed by atoms with Crippen LogP contribution in [0.5, 0.6) is 5.75 Å². The minimum atomic E-state index is -4.18. The number of ether oxygens (including phenoxy) is 1. The summed E-state index contributed by atoms with van der Waals surface area (Å²) in [6.45, 7) is 3.88. The Hall–Kier alpha value is -4.34. The number of carbonyl (C=O) groups is 2. The second-order valence-corrected chi connectivity index (χ2v) is 13.3. The SMILES string of the molecule is COc1ccc(N(CC(=O)N(Cc2cccc(Cl)c2)[C@@H](Cc2ccccc2)C(=O)NCC(C)C)S(=O)(=O)c2ccccc2)cc1. The van der Waals surface area contributed by atoms with E-state index >= 15 is 0 Å². The zero-order valence-corrected chi connectivity index (χ0v) is 27.2. The lowest BCUT2D eigenvalue weighted by molar-refractivity contribution is -0.140. The van der Waals surface area contributed by atoms with Crippen molar-refractivity contribution < 1.29 is 22.7 Å². The van der Waals surface area contributed by atoms with Crippen LogP contribution in [0.15, 0.2) is 114 Å². The van der Waals surface area contributed by atoms with E-state index in [0.29, 0.717) is 22.9 Å². The summed E-state index contributed by atoms with van der Waals surface area (Å²) in [7, 11) is -2.67. The van der Waals surface area contributed by atoms with Gasteiger partial charge >= 0.3 is 0 Å². The molecular formula is C35H38ClN3O5S. The number of nitrogens with zero attached hydrogens (tertiary/aromatic N) is 2. The van der Waals surface area contributed by atoms with E-state index in [4.69, 9.17) is 16.3 Å². The van der Waals surface area contributed by atoms with Crippen molar-refractivity contribution in [2.45, 2.75) is 37.8 Å². The van der Waals surface area contributed by atoms with Gasteiger partial charge in [0.2, 0.25) is 11.8 Å². The van der Waals surface area contributed by atoms with Gasteiger partial charge in [0, 0.05) is 24.5 Å². The lowest BCUT2D eigenvalue weighted by atomic mass is 10.0. The fraction of sp³-hybridized carbons (Fsp3) is 0.257. The predicted molar refractivity (Wildman–Crippen MR) is 178 cm³/mol. The molecule has 0 heterocycles. The van der Waals surface area contributed by atoms with Crippen molar-refractivity contribution in [3.63, 3.8) is 0 Å². The molecule has 1 N–H and O–H groups in total. The minimum absolute atomic E-state index is 0.0329. The summed E-state index contributed by atoms with van der Waals surface area (Å²) in [5, 5.41) is 3.47. The van der Waals surface area contributed by atoms with Crippen molar-refractivity contribution >= 4 is 39.1 Å². The van der Waals surface area contributed by atoms with Gasteiger partial charge in [0.1, 0.15) is 18.3 Å². The molecule has 0 bridgehead atoms. The number of nitrogens with one attached hydrogen (secondary N) is 1. The second kappa shape index (κ2) is 15.6. The fourth-order valence-corrected chi connectivity index (χ4v) is 6.45. The third-order valence-corrected chi connectivity index (χ3v) is 9.19. The molecule has 10 heteroatoms. The van der Waals surface area contributed by atoms with E-state index in [1.807, 2.05) is 50.2 Å². The first-order valence-corrected chi connectivity index (χ1v) is 16.5. The molecule has 4 aromatic carbocycles. The zero-order valence-electron chi connectivity index (χ0n) is 25.6. The van der Waals surface area contributed by atoms with Crippen LogP contribution in [0, 0.1) is 5.92 Å². The number of methoxy groups -OCH3 is 1. The molecule has 4 rings (SSSR count). The monoisotopic (exact) mass is 647 g/mol. The van der Waals surface area contributed by atoms with Gasteiger partial charge in [-0.2, -0.15) is 0 Å². The van der Waals surface area contributed by atoms with Crippen molar-refractivity contribution in [2.24, 2.45) is 5.92 Å². The molecule has 236 valence electrons. The summed E-state index contributed by atoms with van der Waals surface area (Å²) < 4.78 is 34.4. The maximum Gasteiger partial charge on any atom is 0.264 e. The highest BCUT2D eigenvalue weighted by Crippen LogP contribution is 2.27. The summed E-state index contributed by atoms with van der Waals surface area (Å²) in [4.78, 5) is 29.8. The van der Waals surface area contributed by atoms with Gasteiger partial charge in [-0.3, -0.25) is 13.9 Å². The molecule has 2 amide bonds. The average molecular weight is 648 g/mol. The number of carbonyl (C=O) groups excluding carboxylic acids is 2. The van der Waals surface area contributed by atoms with Crippen molar-refractivity contribution in [1.29, 1.82) is 0 Å². The molecule has 8 nitrogen and oxygen atoms in total. The summed E-state index contributed by atoms with van der Waals surface area (Å²) in [5.41, 5.74) is 1.84. The van der Waals surface area contributed by atoms with E-state index in [0.717, 1.165) is 9.87 Å². The van der Waals surface area contributed by atoms with Crippen LogP contribution in [0.2, 0.25) is 5.02 Å². The van der Waals surface area contributed by atoms with E-state index in [1.165, 1.54) is 24.1 Å². The lowest BCUT2D eigenvalue weighted by Crippen LogP contribution is -2.53. The van der Waals surface area contributed by atoms with Gasteiger partial charge < -0.3 is 15.0 Å². The molecule has 0 aliphatic carbocycles. The smallest absolute Gasteiger partial charge is 0.264 e. The van der Waals surface area contributed by atoms with Crippen LogP contribution in [0.1, 0.15) is 25.0 Å². The van der Waals surface area contributed by atoms with E-state index in [1.54, 1.807) is 60.7 Å². The number of anilines is 1. The van der Waals surface area contributed by atoms with Crippen LogP contribution in [0.4, 0.5) is 5.69 Å². The second-order valence-electron chi connectivity index (χ2n) is 11.0. The van der Waals surface area contributed by atoms with Crippen LogP contribution in [-0.4, -0.2) is 51.4 Å². The van der Waals surface area contributed by atoms with Crippen LogP contribution < -0.4 is 14.4 Å². The fourth-order valence-electron chi connectivity index (χ4n) is 4.81. The summed E-state index contributed by atoms with van der Waals surface area (Å²) in [6.07, 6.45) is 0.227. The molecule has 0 saturated heterocycles. The number of halogens is 1. The molecule has 0 aliphatic rings. The number of hydrogen-bond donors (Lipinski definition) is 1. The highest BCUT2D eigenvalue weighted by Gasteiger charge is 2.34. The Kier molecular flexibility index (Phi) is 11.6. The van der Waals surface area contributed by atoms with Crippen LogP contribution >= 0.6 is 11.6 Å². The summed E-state index contributed by atoms with van der Waals surface area (Å²) in [5.74, 6) is -0.157. The Labute approximate surface area is 270 Å². The highest BCUT2D eigenvalue weighted by molar-refractivity contribution is 7.92. The number of hydrogen-bond acceptors (Lipinski definition) is 5. The van der Waals surface area contributed by atoms with Gasteiger partial charge in [-0.1, -0.05) is 86.1 Å². The van der Waals surface area contributed by atoms with E-state index in [9.17, 15) is 18.0 Å². The van der Waals surface area contributed by atoms with Gasteiger partial charge in [0.25, 0.3) is 10.0 Å². The molecule has 0 aromatic heterocycles. The predicted octanol–water partition coefficient (Wildman–Crippen LogP) is 5.96. The van der Waals surface area contributed by atoms with Crippen molar-refractivity contribution in [1.82, 2.24) is 10.2 Å². The third-order valence-electron chi connectivity index (χ3n) is 7.17. The molecule has 0 saturated carbocycles. The van der Waals surface area contributed by atoms with Crippen molar-refractivity contribution in [3.8, 4) is 5.75 Å². The average Bonchev–Trinajstić information content (AvgIpc) is 3.05. The van der Waals surface area contributed by atoms with E-state index < -0.39 is 28.5 Å². The molecule has 0 aliphatic heterocycles. The summed E-state index contributed by atoms with van der Waals surface area (Å²) >= 11 is 6.30. The Morgan fingerprint density at radius 3 is 2.07 bits per heavy atom. The van der Waals surface area contributed by atoms with Crippen molar-refractivity contribution in [3.05, 3.63) is 125 Å². The topological polar surface area (TPSA) is 96.0 Å². The molecule has 0 unspecified atom stereocenters. The first-order valence-electron chi connectivity index (χ1n) is 14.7. The van der Waals surface area contributed by atoms with Gasteiger partial charge in [0.15, 0.2) is 0 Å². The Balaban J connectivity index is 1.79. The Morgan fingerprint density at radius 2 is 1.47 bits per heavy atom. The van der Waals surface area contributed by atoms with E-state index in [2.05, 4.69) is 5.32 Å². The lowest BCUT2D eigenvalue weighted by Gasteiger charge is -2.34. The molecule has 1 atom stereocenters. The van der Waals surface area contributed by atoms with Crippen LogP contribution in [0.25, 0.3) is 0 Å². The van der Waals surface area contributed by atoms with E-state index in [-0.39, 0.29) is 35.4 Å². The molecule has 0 fully saturated rings. The normalized spacial score (nSPS) is 11.9. The highest BCUT2D eigenvalue weighted by atomic mass is 35.5. The standard InChI is InChI=1S/C35H38ClN3O5S/c1-26(2)23-37-35(41)33(22-27-11-6-4-7-12-27)38(24-28-13-10-14-29(36)21-28)34(40)25-39(30-17-19-31(44-3)20-18-30)45(42,43)32-15-8-5-9-16-32/h4-21,26,33H,22-25H2,1-3H3,(H,37,41)/t33-/m0/s1. The quantitative estimate of drug-likeness (QED) is 0.182. The zero-order chi connectivity index (χ0) is 32.4. The van der Waals surface area contributed by atoms with Crippen molar-refractivity contribution in [2.75, 3.05) is 24.5 Å². The minimum Gasteiger partial charge on any atom is -0.497 e. The maximum atomic E-state index is 14.5.